The van der Waals surface area contributed by atoms with Crippen molar-refractivity contribution < 1.29 is 41.6 Å². The second kappa shape index (κ2) is 7.66. The maximum absolute atomic E-state index is 12.5. The minimum atomic E-state index is -4.95. The number of hydroxylamine groups is 2. The van der Waals surface area contributed by atoms with Crippen molar-refractivity contribution in [1.82, 2.24) is 15.4 Å². The van der Waals surface area contributed by atoms with Crippen LogP contribution in [-0.2, 0) is 33.9 Å². The number of amides is 2. The molecule has 2 heterocycles. The first kappa shape index (κ1) is 21.5. The van der Waals surface area contributed by atoms with Gasteiger partial charge in [0.25, 0.3) is 11.8 Å². The fourth-order valence-electron chi connectivity index (χ4n) is 2.17. The summed E-state index contributed by atoms with van der Waals surface area (Å²) < 4.78 is 34.5. The molecule has 1 aliphatic rings. The summed E-state index contributed by atoms with van der Waals surface area (Å²) in [4.78, 5) is 43.6. The van der Waals surface area contributed by atoms with E-state index in [4.69, 9.17) is 15.4 Å². The fraction of sp³-hybridized carbons (Fsp3) is 0.417. The Hall–Kier alpha value is -2.82. The number of carboxylic acid groups (broad SMARTS) is 1. The molecule has 16 heteroatoms. The number of nitrogens with one attached hydrogen (secondary N) is 1. The molecule has 2 amide bonds. The molecule has 1 atom stereocenters. The molecule has 1 fully saturated rings. The molecule has 5 N–H and O–H groups in total. The van der Waals surface area contributed by atoms with Crippen LogP contribution in [0.25, 0.3) is 0 Å². The van der Waals surface area contributed by atoms with Gasteiger partial charge in [-0.3, -0.25) is 14.1 Å². The molecule has 14 nitrogen and oxygen atoms in total. The van der Waals surface area contributed by atoms with Crippen LogP contribution < -0.4 is 11.1 Å². The van der Waals surface area contributed by atoms with Crippen molar-refractivity contribution in [3.63, 3.8) is 0 Å². The number of aliphatic carboxylic acids is 1. The van der Waals surface area contributed by atoms with Gasteiger partial charge < -0.3 is 21.0 Å². The van der Waals surface area contributed by atoms with Crippen LogP contribution in [0.1, 0.15) is 19.5 Å². The van der Waals surface area contributed by atoms with E-state index in [-0.39, 0.29) is 10.8 Å². The van der Waals surface area contributed by atoms with E-state index in [1.165, 1.54) is 19.2 Å². The molecule has 1 aromatic rings. The van der Waals surface area contributed by atoms with Crippen molar-refractivity contribution in [1.29, 1.82) is 0 Å². The molecular formula is C12H15N5O9S2. The Morgan fingerprint density at radius 2 is 2.14 bits per heavy atom. The van der Waals surface area contributed by atoms with Gasteiger partial charge in [-0.1, -0.05) is 5.16 Å². The van der Waals surface area contributed by atoms with Gasteiger partial charge in [0, 0.05) is 5.38 Å². The zero-order valence-electron chi connectivity index (χ0n) is 14.3. The minimum Gasteiger partial charge on any atom is -0.479 e. The molecule has 1 aliphatic heterocycles. The molecule has 0 saturated carbocycles. The Labute approximate surface area is 161 Å². The van der Waals surface area contributed by atoms with E-state index in [1.807, 2.05) is 0 Å². The van der Waals surface area contributed by atoms with Gasteiger partial charge in [0.15, 0.2) is 10.8 Å². The van der Waals surface area contributed by atoms with Crippen molar-refractivity contribution in [2.45, 2.75) is 25.4 Å². The highest BCUT2D eigenvalue weighted by molar-refractivity contribution is 7.80. The van der Waals surface area contributed by atoms with Crippen LogP contribution in [0.3, 0.4) is 0 Å². The van der Waals surface area contributed by atoms with Gasteiger partial charge in [-0.2, -0.15) is 13.5 Å². The number of hydrogen-bond acceptors (Lipinski definition) is 11. The lowest BCUT2D eigenvalue weighted by Gasteiger charge is -2.50. The topological polar surface area (TPSA) is 211 Å². The number of nitrogens with zero attached hydrogens (tertiary/aromatic N) is 3. The summed E-state index contributed by atoms with van der Waals surface area (Å²) in [6.07, 6.45) is 0. The van der Waals surface area contributed by atoms with Crippen LogP contribution in [0.4, 0.5) is 5.13 Å². The van der Waals surface area contributed by atoms with E-state index in [2.05, 4.69) is 24.6 Å². The van der Waals surface area contributed by atoms with Gasteiger partial charge in [0.2, 0.25) is 6.61 Å². The van der Waals surface area contributed by atoms with E-state index in [1.54, 1.807) is 0 Å². The van der Waals surface area contributed by atoms with Crippen molar-refractivity contribution in [3.05, 3.63) is 11.1 Å². The number of carboxylic acids is 1. The van der Waals surface area contributed by atoms with Gasteiger partial charge in [-0.25, -0.2) is 9.78 Å². The largest absolute Gasteiger partial charge is 0.479 e. The highest BCUT2D eigenvalue weighted by Crippen LogP contribution is 2.32. The van der Waals surface area contributed by atoms with E-state index in [0.29, 0.717) is 5.06 Å². The Morgan fingerprint density at radius 3 is 2.61 bits per heavy atom. The molecule has 0 aliphatic carbocycles. The molecule has 1 aromatic heterocycles. The summed E-state index contributed by atoms with van der Waals surface area (Å²) in [6.45, 7) is 1.90. The van der Waals surface area contributed by atoms with Crippen molar-refractivity contribution in [2.75, 3.05) is 12.3 Å². The van der Waals surface area contributed by atoms with Gasteiger partial charge in [0.05, 0.1) is 5.54 Å². The molecule has 28 heavy (non-hydrogen) atoms. The van der Waals surface area contributed by atoms with E-state index < -0.39 is 52.1 Å². The SMILES string of the molecule is CC1(C)C(NC(=O)/C(=N\OCC(=O)O)c2csc(N)n2)C(=O)N1OS(=O)(=O)O. The molecule has 0 spiro atoms. The Bertz CT molecular complexity index is 939. The lowest BCUT2D eigenvalue weighted by atomic mass is 9.84. The standard InChI is InChI=1S/C12H15N5O9S2/c1-12(2)8(10(21)17(12)26-28(22,23)24)15-9(20)7(16-25-3-6(18)19)5-4-27-11(13)14-5/h4,8H,3H2,1-2H3,(H2,13,14)(H,15,20)(H,18,19)(H,22,23,24)/b16-7-. The lowest BCUT2D eigenvalue weighted by Crippen LogP contribution is -2.76. The number of aromatic nitrogens is 1. The summed E-state index contributed by atoms with van der Waals surface area (Å²) in [5.41, 5.74) is 3.67. The van der Waals surface area contributed by atoms with Crippen molar-refractivity contribution in [3.8, 4) is 0 Å². The molecular weight excluding hydrogens is 422 g/mol. The molecule has 0 bridgehead atoms. The quantitative estimate of drug-likeness (QED) is 0.157. The second-order valence-electron chi connectivity index (χ2n) is 5.87. The third-order valence-electron chi connectivity index (χ3n) is 3.44. The zero-order chi connectivity index (χ0) is 21.3. The van der Waals surface area contributed by atoms with Crippen LogP contribution in [0, 0.1) is 0 Å². The number of nitrogens with two attached hydrogens (primary N) is 1. The summed E-state index contributed by atoms with van der Waals surface area (Å²) in [5, 5.41) is 16.2. The van der Waals surface area contributed by atoms with Gasteiger partial charge >= 0.3 is 16.4 Å². The number of carbonyl (C=O) groups excluding carboxylic acids is 2. The van der Waals surface area contributed by atoms with E-state index in [9.17, 15) is 22.8 Å². The normalized spacial score (nSPS) is 19.1. The number of hydrogen-bond donors (Lipinski definition) is 4. The third-order valence-corrected chi connectivity index (χ3v) is 4.46. The Kier molecular flexibility index (Phi) is 5.88. The first-order valence-electron chi connectivity index (χ1n) is 7.28. The van der Waals surface area contributed by atoms with Crippen LogP contribution >= 0.6 is 11.3 Å². The smallest absolute Gasteiger partial charge is 0.418 e. The molecule has 0 radical (unpaired) electrons. The third kappa shape index (κ3) is 4.71. The van der Waals surface area contributed by atoms with Gasteiger partial charge in [-0.05, 0) is 13.8 Å². The highest BCUT2D eigenvalue weighted by Gasteiger charge is 2.58. The maximum Gasteiger partial charge on any atom is 0.418 e. The van der Waals surface area contributed by atoms with Crippen LogP contribution in [-0.4, -0.2) is 69.8 Å². The molecule has 2 rings (SSSR count). The van der Waals surface area contributed by atoms with Gasteiger partial charge in [0.1, 0.15) is 11.7 Å². The van der Waals surface area contributed by atoms with Crippen LogP contribution in [0.5, 0.6) is 0 Å². The predicted molar refractivity (Wildman–Crippen MR) is 92.1 cm³/mol. The summed E-state index contributed by atoms with van der Waals surface area (Å²) in [7, 11) is -4.95. The predicted octanol–water partition coefficient (Wildman–Crippen LogP) is -1.63. The van der Waals surface area contributed by atoms with Crippen molar-refractivity contribution >= 4 is 50.4 Å². The van der Waals surface area contributed by atoms with E-state index >= 15 is 0 Å². The Balaban J connectivity index is 2.19. The number of anilines is 1. The number of carbonyl (C=O) groups is 3. The van der Waals surface area contributed by atoms with Crippen molar-refractivity contribution in [2.24, 2.45) is 5.16 Å². The highest BCUT2D eigenvalue weighted by atomic mass is 32.3. The summed E-state index contributed by atoms with van der Waals surface area (Å²) >= 11 is 0.980. The average Bonchev–Trinajstić information content (AvgIpc) is 2.98. The van der Waals surface area contributed by atoms with E-state index in [0.717, 1.165) is 11.3 Å². The monoisotopic (exact) mass is 437 g/mol. The summed E-state index contributed by atoms with van der Waals surface area (Å²) in [5.74, 6) is -3.26. The maximum atomic E-state index is 12.5. The lowest BCUT2D eigenvalue weighted by molar-refractivity contribution is -0.218. The molecule has 0 aromatic carbocycles. The first-order valence-corrected chi connectivity index (χ1v) is 9.52. The Morgan fingerprint density at radius 1 is 1.50 bits per heavy atom. The molecule has 154 valence electrons. The van der Waals surface area contributed by atoms with Gasteiger partial charge in [-0.15, -0.1) is 15.6 Å². The molecule has 1 unspecified atom stereocenters. The number of β-lactam (4-membered cyclic amide) rings is 1. The molecule has 1 saturated heterocycles. The number of rotatable bonds is 8. The number of nitrogen functional groups attached to an aromatic ring is 1. The summed E-state index contributed by atoms with van der Waals surface area (Å²) in [6, 6.07) is -1.25. The average molecular weight is 437 g/mol. The zero-order valence-corrected chi connectivity index (χ0v) is 16.0. The fourth-order valence-corrected chi connectivity index (χ4v) is 3.17. The number of thiazole rings is 1. The second-order valence-corrected chi connectivity index (χ2v) is 7.77. The number of oxime groups is 1. The minimum absolute atomic E-state index is 0.0268. The van der Waals surface area contributed by atoms with Crippen LogP contribution in [0.15, 0.2) is 10.5 Å². The van der Waals surface area contributed by atoms with Crippen LogP contribution in [0.2, 0.25) is 0 Å². The first-order chi connectivity index (χ1) is 12.8.